The summed E-state index contributed by atoms with van der Waals surface area (Å²) < 4.78 is 26.0. The van der Waals surface area contributed by atoms with Gasteiger partial charge < -0.3 is 0 Å². The van der Waals surface area contributed by atoms with Crippen molar-refractivity contribution in [2.45, 2.75) is 13.0 Å². The van der Waals surface area contributed by atoms with Gasteiger partial charge in [-0.1, -0.05) is 11.6 Å². The molecule has 2 nitrogen and oxygen atoms in total. The second-order valence-corrected chi connectivity index (χ2v) is 3.08. The van der Waals surface area contributed by atoms with Gasteiger partial charge in [0.25, 0.3) is 0 Å². The largest absolute Gasteiger partial charge is 0.271 e. The molecular formula is C8H9ClF2N2. The minimum absolute atomic E-state index is 0.157. The van der Waals surface area contributed by atoms with Crippen LogP contribution in [0.15, 0.2) is 12.1 Å². The summed E-state index contributed by atoms with van der Waals surface area (Å²) >= 11 is 5.37. The zero-order chi connectivity index (χ0) is 10.0. The maximum absolute atomic E-state index is 13.1. The van der Waals surface area contributed by atoms with Crippen molar-refractivity contribution in [3.63, 3.8) is 0 Å². The van der Waals surface area contributed by atoms with Crippen LogP contribution in [0.25, 0.3) is 0 Å². The molecule has 0 heterocycles. The van der Waals surface area contributed by atoms with E-state index in [0.29, 0.717) is 0 Å². The lowest BCUT2D eigenvalue weighted by molar-refractivity contribution is 0.530. The van der Waals surface area contributed by atoms with Gasteiger partial charge in [-0.3, -0.25) is 11.3 Å². The number of hydrazine groups is 1. The Balaban J connectivity index is 3.15. The molecule has 0 radical (unpaired) electrons. The second kappa shape index (κ2) is 4.00. The van der Waals surface area contributed by atoms with Crippen LogP contribution >= 0.6 is 11.6 Å². The summed E-state index contributed by atoms with van der Waals surface area (Å²) in [7, 11) is 0. The third-order valence-electron chi connectivity index (χ3n) is 1.76. The first kappa shape index (κ1) is 10.4. The van der Waals surface area contributed by atoms with Crippen molar-refractivity contribution in [2.24, 2.45) is 5.84 Å². The molecular weight excluding hydrogens is 198 g/mol. The Kier molecular flexibility index (Phi) is 3.19. The first-order chi connectivity index (χ1) is 6.06. The van der Waals surface area contributed by atoms with Gasteiger partial charge in [-0.2, -0.15) is 0 Å². The standard InChI is InChI=1S/C8H9ClF2N2/c1-4(13-12)5-2-8(11)6(9)3-7(5)10/h2-4,13H,12H2,1H3. The predicted octanol–water partition coefficient (Wildman–Crippen LogP) is 2.14. The highest BCUT2D eigenvalue weighted by Crippen LogP contribution is 2.23. The fourth-order valence-corrected chi connectivity index (χ4v) is 1.11. The van der Waals surface area contributed by atoms with Crippen LogP contribution in [0.4, 0.5) is 8.78 Å². The van der Waals surface area contributed by atoms with E-state index >= 15 is 0 Å². The molecule has 0 saturated heterocycles. The molecule has 1 aromatic carbocycles. The minimum atomic E-state index is -0.653. The Morgan fingerprint density at radius 3 is 2.54 bits per heavy atom. The van der Waals surface area contributed by atoms with Crippen LogP contribution in [0.3, 0.4) is 0 Å². The minimum Gasteiger partial charge on any atom is -0.271 e. The Bertz CT molecular complexity index is 317. The van der Waals surface area contributed by atoms with Gasteiger partial charge in [0.15, 0.2) is 0 Å². The summed E-state index contributed by atoms with van der Waals surface area (Å²) in [6.45, 7) is 1.62. The highest BCUT2D eigenvalue weighted by molar-refractivity contribution is 6.30. The van der Waals surface area contributed by atoms with Gasteiger partial charge in [0.05, 0.1) is 5.02 Å². The van der Waals surface area contributed by atoms with Crippen LogP contribution in [0.2, 0.25) is 5.02 Å². The average molecular weight is 207 g/mol. The predicted molar refractivity (Wildman–Crippen MR) is 47.1 cm³/mol. The van der Waals surface area contributed by atoms with Crippen molar-refractivity contribution in [1.82, 2.24) is 5.43 Å². The molecule has 0 aromatic heterocycles. The van der Waals surface area contributed by atoms with Crippen LogP contribution in [0.5, 0.6) is 0 Å². The Hall–Kier alpha value is -0.710. The zero-order valence-corrected chi connectivity index (χ0v) is 7.70. The van der Waals surface area contributed by atoms with Gasteiger partial charge in [-0.15, -0.1) is 0 Å². The lowest BCUT2D eigenvalue weighted by Crippen LogP contribution is -2.26. The molecule has 0 saturated carbocycles. The smallest absolute Gasteiger partial charge is 0.142 e. The van der Waals surface area contributed by atoms with Crippen molar-refractivity contribution in [2.75, 3.05) is 0 Å². The van der Waals surface area contributed by atoms with Crippen LogP contribution in [0, 0.1) is 11.6 Å². The van der Waals surface area contributed by atoms with Crippen LogP contribution in [-0.2, 0) is 0 Å². The average Bonchev–Trinajstić information content (AvgIpc) is 2.10. The Morgan fingerprint density at radius 1 is 1.38 bits per heavy atom. The molecule has 1 unspecified atom stereocenters. The van der Waals surface area contributed by atoms with E-state index in [-0.39, 0.29) is 10.6 Å². The molecule has 72 valence electrons. The number of nitrogens with one attached hydrogen (secondary N) is 1. The lowest BCUT2D eigenvalue weighted by atomic mass is 10.1. The molecule has 0 aliphatic heterocycles. The number of nitrogens with two attached hydrogens (primary N) is 1. The van der Waals surface area contributed by atoms with Gasteiger partial charge >= 0.3 is 0 Å². The number of rotatable bonds is 2. The van der Waals surface area contributed by atoms with E-state index in [1.165, 1.54) is 0 Å². The summed E-state index contributed by atoms with van der Waals surface area (Å²) in [5.41, 5.74) is 2.48. The molecule has 1 aromatic rings. The van der Waals surface area contributed by atoms with E-state index in [4.69, 9.17) is 17.4 Å². The normalized spacial score (nSPS) is 13.0. The maximum Gasteiger partial charge on any atom is 0.142 e. The van der Waals surface area contributed by atoms with Gasteiger partial charge in [0.2, 0.25) is 0 Å². The fourth-order valence-electron chi connectivity index (χ4n) is 0.960. The molecule has 0 aliphatic carbocycles. The highest BCUT2D eigenvalue weighted by atomic mass is 35.5. The maximum atomic E-state index is 13.1. The monoisotopic (exact) mass is 206 g/mol. The molecule has 0 bridgehead atoms. The molecule has 0 amide bonds. The van der Waals surface area contributed by atoms with E-state index in [9.17, 15) is 8.78 Å². The zero-order valence-electron chi connectivity index (χ0n) is 6.94. The van der Waals surface area contributed by atoms with Gasteiger partial charge in [-0.05, 0) is 19.1 Å². The van der Waals surface area contributed by atoms with E-state index < -0.39 is 17.7 Å². The third kappa shape index (κ3) is 2.15. The number of halogens is 3. The van der Waals surface area contributed by atoms with E-state index in [0.717, 1.165) is 12.1 Å². The number of hydrogen-bond donors (Lipinski definition) is 2. The fraction of sp³-hybridized carbons (Fsp3) is 0.250. The van der Waals surface area contributed by atoms with Crippen LogP contribution < -0.4 is 11.3 Å². The van der Waals surface area contributed by atoms with Crippen LogP contribution in [0.1, 0.15) is 18.5 Å². The first-order valence-corrected chi connectivity index (χ1v) is 4.04. The van der Waals surface area contributed by atoms with Crippen molar-refractivity contribution in [1.29, 1.82) is 0 Å². The number of hydrogen-bond acceptors (Lipinski definition) is 2. The van der Waals surface area contributed by atoms with Crippen molar-refractivity contribution >= 4 is 11.6 Å². The van der Waals surface area contributed by atoms with Gasteiger partial charge in [0, 0.05) is 11.6 Å². The van der Waals surface area contributed by atoms with E-state index in [1.54, 1.807) is 6.92 Å². The lowest BCUT2D eigenvalue weighted by Gasteiger charge is -2.11. The summed E-state index contributed by atoms with van der Waals surface area (Å²) in [5, 5.41) is -0.231. The summed E-state index contributed by atoms with van der Waals surface area (Å²) in [4.78, 5) is 0. The van der Waals surface area contributed by atoms with E-state index in [1.807, 2.05) is 0 Å². The van der Waals surface area contributed by atoms with Crippen molar-refractivity contribution in [3.05, 3.63) is 34.4 Å². The quantitative estimate of drug-likeness (QED) is 0.442. The topological polar surface area (TPSA) is 38.0 Å². The molecule has 1 rings (SSSR count). The first-order valence-electron chi connectivity index (χ1n) is 3.67. The summed E-state index contributed by atoms with van der Waals surface area (Å²) in [5.74, 6) is 3.86. The highest BCUT2D eigenvalue weighted by Gasteiger charge is 2.12. The second-order valence-electron chi connectivity index (χ2n) is 2.68. The Labute approximate surface area is 79.7 Å². The van der Waals surface area contributed by atoms with Crippen LogP contribution in [-0.4, -0.2) is 0 Å². The molecule has 13 heavy (non-hydrogen) atoms. The Morgan fingerprint density at radius 2 is 2.00 bits per heavy atom. The molecule has 5 heteroatoms. The summed E-state index contributed by atoms with van der Waals surface area (Å²) in [6.07, 6.45) is 0. The van der Waals surface area contributed by atoms with Crippen molar-refractivity contribution in [3.8, 4) is 0 Å². The molecule has 1 atom stereocenters. The molecule has 0 fully saturated rings. The number of benzene rings is 1. The van der Waals surface area contributed by atoms with Gasteiger partial charge in [0.1, 0.15) is 11.6 Å². The third-order valence-corrected chi connectivity index (χ3v) is 2.05. The molecule has 0 aliphatic rings. The van der Waals surface area contributed by atoms with Crippen molar-refractivity contribution < 1.29 is 8.78 Å². The summed E-state index contributed by atoms with van der Waals surface area (Å²) in [6, 6.07) is 1.51. The molecule has 3 N–H and O–H groups in total. The SMILES string of the molecule is CC(NN)c1cc(F)c(Cl)cc1F. The van der Waals surface area contributed by atoms with Gasteiger partial charge in [-0.25, -0.2) is 8.78 Å². The van der Waals surface area contributed by atoms with E-state index in [2.05, 4.69) is 5.43 Å². The molecule has 0 spiro atoms.